The van der Waals surface area contributed by atoms with Crippen LogP contribution >= 0.6 is 0 Å². The molecule has 1 aliphatic heterocycles. The topological polar surface area (TPSA) is 38.2 Å². The Labute approximate surface area is 36.5 Å². The lowest BCUT2D eigenvalue weighted by molar-refractivity contribution is 0.626. The van der Waals surface area contributed by atoms with Crippen LogP contribution in [0.15, 0.2) is 0 Å². The monoisotopic (exact) mass is 85.1 g/mol. The quantitative estimate of drug-likeness (QED) is 0.374. The van der Waals surface area contributed by atoms with Gasteiger partial charge in [-0.3, -0.25) is 5.32 Å². The van der Waals surface area contributed by atoms with Gasteiger partial charge in [-0.25, -0.2) is 5.32 Å². The van der Waals surface area contributed by atoms with E-state index in [2.05, 4.69) is 15.6 Å². The fourth-order valence-electron chi connectivity index (χ4n) is 0.348. The van der Waals surface area contributed by atoms with E-state index in [1.54, 1.807) is 6.34 Å². The second-order valence-corrected chi connectivity index (χ2v) is 1.10. The fourth-order valence-corrected chi connectivity index (χ4v) is 0.348. The third kappa shape index (κ3) is 0.687. The summed E-state index contributed by atoms with van der Waals surface area (Å²) in [6.07, 6.45) is 1.70. The number of aliphatic imine (C=N–C) groups is 1. The third-order valence-corrected chi connectivity index (χ3v) is 0.613. The van der Waals surface area contributed by atoms with Gasteiger partial charge in [-0.1, -0.05) is 4.99 Å². The van der Waals surface area contributed by atoms with Crippen molar-refractivity contribution in [3.63, 3.8) is 0 Å². The van der Waals surface area contributed by atoms with Gasteiger partial charge in [0.2, 0.25) is 0 Å². The molecule has 3 heteroatoms. The number of nitrogens with one attached hydrogen (secondary N) is 2. The summed E-state index contributed by atoms with van der Waals surface area (Å²) in [4.78, 5) is 3.83. The molecule has 0 amide bonds. The highest BCUT2D eigenvalue weighted by molar-refractivity contribution is 5.52. The van der Waals surface area contributed by atoms with E-state index >= 15 is 0 Å². The number of nitrogens with zero attached hydrogens (tertiary/aromatic N) is 1. The summed E-state index contributed by atoms with van der Waals surface area (Å²) in [5.74, 6) is 0. The van der Waals surface area contributed by atoms with Gasteiger partial charge in [-0.05, 0) is 0 Å². The minimum absolute atomic E-state index is 0.757. The van der Waals surface area contributed by atoms with Crippen LogP contribution in [0.5, 0.6) is 0 Å². The molecule has 3 nitrogen and oxygen atoms in total. The Kier molecular flexibility index (Phi) is 1.06. The lowest BCUT2D eigenvalue weighted by Gasteiger charge is -1.94. The predicted molar refractivity (Wildman–Crippen MR) is 24.2 cm³/mol. The first-order valence-electron chi connectivity index (χ1n) is 1.92. The second-order valence-electron chi connectivity index (χ2n) is 1.10. The molecule has 0 spiro atoms. The first-order chi connectivity index (χ1) is 3.00. The molecule has 33 valence electrons. The van der Waals surface area contributed by atoms with Gasteiger partial charge in [0.25, 0.3) is 6.34 Å². The standard InChI is InChI=1S/C3H7N3/c1-4-2-6-3-5-1/h1,4,6H,2-3H2/q+1. The molecule has 0 unspecified atom stereocenters. The maximum Gasteiger partial charge on any atom is 0.276 e. The van der Waals surface area contributed by atoms with E-state index in [0.717, 1.165) is 13.3 Å². The molecule has 1 rings (SSSR count). The van der Waals surface area contributed by atoms with Gasteiger partial charge >= 0.3 is 0 Å². The van der Waals surface area contributed by atoms with Gasteiger partial charge in [0.15, 0.2) is 6.67 Å². The molecule has 0 atom stereocenters. The van der Waals surface area contributed by atoms with Gasteiger partial charge in [0, 0.05) is 0 Å². The Bertz CT molecular complexity index is 51.1. The highest BCUT2D eigenvalue weighted by Crippen LogP contribution is 1.50. The van der Waals surface area contributed by atoms with Crippen molar-refractivity contribution in [2.45, 2.75) is 0 Å². The van der Waals surface area contributed by atoms with Gasteiger partial charge < -0.3 is 0 Å². The SMILES string of the molecule is C1=[N+]CNCN1. The lowest BCUT2D eigenvalue weighted by atomic mass is 10.8. The fraction of sp³-hybridized carbons (Fsp3) is 0.667. The van der Waals surface area contributed by atoms with E-state index in [4.69, 9.17) is 0 Å². The van der Waals surface area contributed by atoms with E-state index in [9.17, 15) is 0 Å². The Hall–Kier alpha value is -0.570. The minimum Gasteiger partial charge on any atom is -0.265 e. The summed E-state index contributed by atoms with van der Waals surface area (Å²) in [6.45, 7) is 1.61. The van der Waals surface area contributed by atoms with Crippen LogP contribution in [0.4, 0.5) is 0 Å². The Balaban J connectivity index is 2.26. The first-order valence-corrected chi connectivity index (χ1v) is 1.92. The zero-order valence-corrected chi connectivity index (χ0v) is 3.44. The normalized spacial score (nSPS) is 20.0. The summed E-state index contributed by atoms with van der Waals surface area (Å²) in [7, 11) is 0. The van der Waals surface area contributed by atoms with Crippen molar-refractivity contribution in [3.8, 4) is 0 Å². The van der Waals surface area contributed by atoms with Crippen molar-refractivity contribution in [1.82, 2.24) is 15.6 Å². The Morgan fingerprint density at radius 3 is 2.83 bits per heavy atom. The molecule has 0 aromatic heterocycles. The molecule has 2 N–H and O–H groups in total. The van der Waals surface area contributed by atoms with E-state index in [-0.39, 0.29) is 0 Å². The Morgan fingerprint density at radius 1 is 1.67 bits per heavy atom. The molecule has 0 saturated carbocycles. The molecule has 0 aromatic carbocycles. The summed E-state index contributed by atoms with van der Waals surface area (Å²) < 4.78 is 0. The Morgan fingerprint density at radius 2 is 2.67 bits per heavy atom. The minimum atomic E-state index is 0.757. The molecule has 1 aliphatic rings. The van der Waals surface area contributed by atoms with E-state index in [0.29, 0.717) is 0 Å². The average molecular weight is 85.1 g/mol. The lowest BCUT2D eigenvalue weighted by Crippen LogP contribution is -2.37. The van der Waals surface area contributed by atoms with Gasteiger partial charge in [0.1, 0.15) is 6.67 Å². The molecule has 0 bridgehead atoms. The van der Waals surface area contributed by atoms with E-state index in [1.165, 1.54) is 0 Å². The zero-order valence-electron chi connectivity index (χ0n) is 3.44. The van der Waals surface area contributed by atoms with Crippen LogP contribution in [0.2, 0.25) is 0 Å². The first kappa shape index (κ1) is 3.61. The van der Waals surface area contributed by atoms with Gasteiger partial charge in [0.05, 0.1) is 0 Å². The average Bonchev–Trinajstić information content (AvgIpc) is 1.72. The molecule has 0 fully saturated rings. The number of rotatable bonds is 0. The highest BCUT2D eigenvalue weighted by atomic mass is 15.2. The van der Waals surface area contributed by atoms with Crippen LogP contribution in [0.25, 0.3) is 0 Å². The third-order valence-electron chi connectivity index (χ3n) is 0.613. The summed E-state index contributed by atoms with van der Waals surface area (Å²) >= 11 is 0. The van der Waals surface area contributed by atoms with Crippen LogP contribution in [-0.4, -0.2) is 19.7 Å². The van der Waals surface area contributed by atoms with Crippen molar-refractivity contribution in [2.75, 3.05) is 13.3 Å². The van der Waals surface area contributed by atoms with Crippen LogP contribution in [0.1, 0.15) is 0 Å². The van der Waals surface area contributed by atoms with Crippen molar-refractivity contribution < 1.29 is 0 Å². The maximum atomic E-state index is 3.83. The van der Waals surface area contributed by atoms with Gasteiger partial charge in [-0.2, -0.15) is 0 Å². The zero-order chi connectivity index (χ0) is 4.24. The second kappa shape index (κ2) is 1.77. The molecule has 0 saturated heterocycles. The van der Waals surface area contributed by atoms with E-state index in [1.807, 2.05) is 0 Å². The molecule has 1 heterocycles. The molecular weight excluding hydrogens is 78.1 g/mol. The largest absolute Gasteiger partial charge is 0.276 e. The smallest absolute Gasteiger partial charge is 0.265 e. The highest BCUT2D eigenvalue weighted by Gasteiger charge is 1.92. The van der Waals surface area contributed by atoms with E-state index < -0.39 is 0 Å². The number of hydrogen-bond donors (Lipinski definition) is 2. The van der Waals surface area contributed by atoms with Crippen molar-refractivity contribution >= 4 is 6.34 Å². The van der Waals surface area contributed by atoms with Crippen molar-refractivity contribution in [1.29, 1.82) is 0 Å². The summed E-state index contributed by atoms with van der Waals surface area (Å²) in [5, 5.41) is 5.86. The van der Waals surface area contributed by atoms with Crippen LogP contribution in [0, 0.1) is 0 Å². The van der Waals surface area contributed by atoms with Crippen molar-refractivity contribution in [3.05, 3.63) is 0 Å². The van der Waals surface area contributed by atoms with Crippen LogP contribution in [0.3, 0.4) is 0 Å². The maximum absolute atomic E-state index is 3.83. The number of hydrogen-bond acceptors (Lipinski definition) is 3. The summed E-state index contributed by atoms with van der Waals surface area (Å²) in [6, 6.07) is 0. The van der Waals surface area contributed by atoms with Crippen molar-refractivity contribution in [2.24, 2.45) is 0 Å². The molecule has 0 aliphatic carbocycles. The molecule has 6 heavy (non-hydrogen) atoms. The van der Waals surface area contributed by atoms with Crippen LogP contribution in [-0.2, 0) is 0 Å². The summed E-state index contributed by atoms with van der Waals surface area (Å²) in [5.41, 5.74) is 0. The molecule has 1 radical (unpaired) electrons. The predicted octanol–water partition coefficient (Wildman–Crippen LogP) is -1.54. The molecular formula is C3H7N3+. The molecule has 0 aromatic rings. The van der Waals surface area contributed by atoms with Crippen LogP contribution < -0.4 is 15.6 Å². The van der Waals surface area contributed by atoms with Gasteiger partial charge in [-0.15, -0.1) is 0 Å².